The van der Waals surface area contributed by atoms with Crippen LogP contribution in [0.1, 0.15) is 33.4 Å². The van der Waals surface area contributed by atoms with Gasteiger partial charge < -0.3 is 15.4 Å². The van der Waals surface area contributed by atoms with E-state index in [0.29, 0.717) is 13.1 Å². The van der Waals surface area contributed by atoms with E-state index in [1.54, 1.807) is 6.20 Å². The molecule has 0 saturated carbocycles. The van der Waals surface area contributed by atoms with Crippen molar-refractivity contribution < 1.29 is 9.53 Å². The second-order valence-corrected chi connectivity index (χ2v) is 7.52. The number of halogens is 2. The van der Waals surface area contributed by atoms with Crippen molar-refractivity contribution in [3.8, 4) is 0 Å². The summed E-state index contributed by atoms with van der Waals surface area (Å²) in [7, 11) is 0. The zero-order chi connectivity index (χ0) is 16.0. The van der Waals surface area contributed by atoms with E-state index in [-0.39, 0.29) is 6.04 Å². The third kappa shape index (κ3) is 7.78. The number of carbonyl (C=O) groups is 1. The molecular weight excluding hydrogens is 402 g/mol. The summed E-state index contributed by atoms with van der Waals surface area (Å²) in [6.45, 7) is 8.61. The van der Waals surface area contributed by atoms with Crippen LogP contribution in [0.5, 0.6) is 0 Å². The first kappa shape index (κ1) is 18.4. The van der Waals surface area contributed by atoms with Crippen LogP contribution in [0.25, 0.3) is 0 Å². The number of rotatable bonds is 5. The van der Waals surface area contributed by atoms with E-state index in [1.807, 2.05) is 33.8 Å². The first-order valence-electron chi connectivity index (χ1n) is 6.67. The zero-order valence-electron chi connectivity index (χ0n) is 12.7. The number of hydrogen-bond acceptors (Lipinski definition) is 4. The van der Waals surface area contributed by atoms with Gasteiger partial charge in [0.2, 0.25) is 0 Å². The lowest BCUT2D eigenvalue weighted by Gasteiger charge is -2.21. The highest BCUT2D eigenvalue weighted by Crippen LogP contribution is 2.19. The monoisotopic (exact) mass is 421 g/mol. The van der Waals surface area contributed by atoms with E-state index in [1.165, 1.54) is 0 Å². The van der Waals surface area contributed by atoms with E-state index < -0.39 is 11.7 Å². The van der Waals surface area contributed by atoms with E-state index in [9.17, 15) is 4.79 Å². The van der Waals surface area contributed by atoms with Crippen molar-refractivity contribution in [1.29, 1.82) is 0 Å². The van der Waals surface area contributed by atoms with E-state index >= 15 is 0 Å². The largest absolute Gasteiger partial charge is 0.444 e. The van der Waals surface area contributed by atoms with Crippen molar-refractivity contribution >= 4 is 38.0 Å². The molecule has 1 amide bonds. The molecule has 0 saturated heterocycles. The number of alkyl carbamates (subject to hydrolysis) is 1. The molecule has 1 aromatic rings. The fourth-order valence-electron chi connectivity index (χ4n) is 1.47. The van der Waals surface area contributed by atoms with E-state index in [4.69, 9.17) is 4.74 Å². The Kier molecular flexibility index (Phi) is 7.09. The molecule has 0 spiro atoms. The topological polar surface area (TPSA) is 63.2 Å². The average Bonchev–Trinajstić information content (AvgIpc) is 2.33. The van der Waals surface area contributed by atoms with Gasteiger partial charge >= 0.3 is 6.09 Å². The lowest BCUT2D eigenvalue weighted by Crippen LogP contribution is -2.41. The molecule has 1 atom stereocenters. The lowest BCUT2D eigenvalue weighted by molar-refractivity contribution is 0.0523. The van der Waals surface area contributed by atoms with E-state index in [2.05, 4.69) is 47.5 Å². The number of ether oxygens (including phenoxy) is 1. The van der Waals surface area contributed by atoms with Gasteiger partial charge in [-0.2, -0.15) is 0 Å². The van der Waals surface area contributed by atoms with Crippen LogP contribution in [0.15, 0.2) is 21.2 Å². The molecule has 2 N–H and O–H groups in total. The smallest absolute Gasteiger partial charge is 0.407 e. The second-order valence-electron chi connectivity index (χ2n) is 5.75. The molecule has 118 valence electrons. The van der Waals surface area contributed by atoms with Gasteiger partial charge in [-0.05, 0) is 65.6 Å². The van der Waals surface area contributed by atoms with Gasteiger partial charge in [-0.3, -0.25) is 4.98 Å². The SMILES string of the molecule is CC(CNC(=O)OC(C)(C)C)NCc1ncc(Br)cc1Br. The molecule has 0 aromatic carbocycles. The highest BCUT2D eigenvalue weighted by atomic mass is 79.9. The molecule has 0 aliphatic rings. The van der Waals surface area contributed by atoms with Crippen LogP contribution < -0.4 is 10.6 Å². The molecule has 5 nitrogen and oxygen atoms in total. The number of nitrogens with one attached hydrogen (secondary N) is 2. The van der Waals surface area contributed by atoms with Crippen molar-refractivity contribution in [2.45, 2.75) is 45.9 Å². The summed E-state index contributed by atoms with van der Waals surface area (Å²) < 4.78 is 7.05. The molecule has 7 heteroatoms. The Morgan fingerprint density at radius 2 is 2.10 bits per heavy atom. The third-order valence-corrected chi connectivity index (χ3v) is 3.57. The molecule has 1 heterocycles. The first-order valence-corrected chi connectivity index (χ1v) is 8.26. The van der Waals surface area contributed by atoms with Gasteiger partial charge in [-0.1, -0.05) is 0 Å². The fraction of sp³-hybridized carbons (Fsp3) is 0.571. The molecule has 0 radical (unpaired) electrons. The quantitative estimate of drug-likeness (QED) is 0.760. The summed E-state index contributed by atoms with van der Waals surface area (Å²) in [4.78, 5) is 15.9. The summed E-state index contributed by atoms with van der Waals surface area (Å²) in [6, 6.07) is 2.06. The van der Waals surface area contributed by atoms with Gasteiger partial charge in [0.05, 0.1) is 5.69 Å². The van der Waals surface area contributed by atoms with Crippen molar-refractivity contribution in [3.05, 3.63) is 26.9 Å². The van der Waals surface area contributed by atoms with Crippen molar-refractivity contribution in [2.24, 2.45) is 0 Å². The Morgan fingerprint density at radius 1 is 1.43 bits per heavy atom. The van der Waals surface area contributed by atoms with E-state index in [0.717, 1.165) is 14.6 Å². The molecule has 1 rings (SSSR count). The van der Waals surface area contributed by atoms with Gasteiger partial charge in [-0.15, -0.1) is 0 Å². The molecule has 0 bridgehead atoms. The Labute approximate surface area is 142 Å². The summed E-state index contributed by atoms with van der Waals surface area (Å²) in [5, 5.41) is 6.03. The van der Waals surface area contributed by atoms with Crippen LogP contribution in [0.3, 0.4) is 0 Å². The Bertz CT molecular complexity index is 490. The Morgan fingerprint density at radius 3 is 2.67 bits per heavy atom. The summed E-state index contributed by atoms with van der Waals surface area (Å²) in [5.74, 6) is 0. The second kappa shape index (κ2) is 8.10. The predicted octanol–water partition coefficient (Wildman–Crippen LogP) is 3.61. The van der Waals surface area contributed by atoms with Gasteiger partial charge in [0.15, 0.2) is 0 Å². The predicted molar refractivity (Wildman–Crippen MR) is 90.2 cm³/mol. The van der Waals surface area contributed by atoms with Gasteiger partial charge in [0.25, 0.3) is 0 Å². The lowest BCUT2D eigenvalue weighted by atomic mass is 10.2. The maximum absolute atomic E-state index is 11.5. The Balaban J connectivity index is 2.34. The molecular formula is C14H21Br2N3O2. The Hall–Kier alpha value is -0.660. The number of aromatic nitrogens is 1. The number of nitrogens with zero attached hydrogens (tertiary/aromatic N) is 1. The number of pyridine rings is 1. The van der Waals surface area contributed by atoms with Crippen molar-refractivity contribution in [3.63, 3.8) is 0 Å². The van der Waals surface area contributed by atoms with Crippen LogP contribution in [-0.2, 0) is 11.3 Å². The molecule has 0 aliphatic heterocycles. The van der Waals surface area contributed by atoms with Gasteiger partial charge in [0.1, 0.15) is 5.60 Å². The fourth-order valence-corrected chi connectivity index (χ4v) is 2.59. The number of carbonyl (C=O) groups excluding carboxylic acids is 1. The average molecular weight is 423 g/mol. The third-order valence-electron chi connectivity index (χ3n) is 2.45. The van der Waals surface area contributed by atoms with Crippen LogP contribution in [0.4, 0.5) is 4.79 Å². The number of hydrogen-bond donors (Lipinski definition) is 2. The normalized spacial score (nSPS) is 12.9. The van der Waals surface area contributed by atoms with Crippen molar-refractivity contribution in [1.82, 2.24) is 15.6 Å². The molecule has 0 aliphatic carbocycles. The zero-order valence-corrected chi connectivity index (χ0v) is 15.8. The highest BCUT2D eigenvalue weighted by molar-refractivity contribution is 9.11. The highest BCUT2D eigenvalue weighted by Gasteiger charge is 2.16. The summed E-state index contributed by atoms with van der Waals surface area (Å²) in [6.07, 6.45) is 1.35. The van der Waals surface area contributed by atoms with Crippen LogP contribution in [0.2, 0.25) is 0 Å². The number of amides is 1. The standard InChI is InChI=1S/C14H21Br2N3O2/c1-9(6-19-13(20)21-14(2,3)4)17-8-12-11(16)5-10(15)7-18-12/h5,7,9,17H,6,8H2,1-4H3,(H,19,20). The molecule has 1 unspecified atom stereocenters. The van der Waals surface area contributed by atoms with Gasteiger partial charge in [0, 0.05) is 34.3 Å². The summed E-state index contributed by atoms with van der Waals surface area (Å²) in [5.41, 5.74) is 0.440. The molecule has 21 heavy (non-hydrogen) atoms. The summed E-state index contributed by atoms with van der Waals surface area (Å²) >= 11 is 6.84. The minimum absolute atomic E-state index is 0.106. The van der Waals surface area contributed by atoms with Crippen LogP contribution >= 0.6 is 31.9 Å². The van der Waals surface area contributed by atoms with Crippen LogP contribution in [-0.4, -0.2) is 29.3 Å². The maximum atomic E-state index is 11.5. The van der Waals surface area contributed by atoms with Crippen molar-refractivity contribution in [2.75, 3.05) is 6.54 Å². The molecule has 1 aromatic heterocycles. The van der Waals surface area contributed by atoms with Crippen LogP contribution in [0, 0.1) is 0 Å². The minimum Gasteiger partial charge on any atom is -0.444 e. The molecule has 0 fully saturated rings. The maximum Gasteiger partial charge on any atom is 0.407 e. The van der Waals surface area contributed by atoms with Gasteiger partial charge in [-0.25, -0.2) is 4.79 Å². The first-order chi connectivity index (χ1) is 9.67. The minimum atomic E-state index is -0.479.